The highest BCUT2D eigenvalue weighted by Crippen LogP contribution is 2.23. The minimum Gasteiger partial charge on any atom is -0.444 e. The molecule has 33 heavy (non-hydrogen) atoms. The van der Waals surface area contributed by atoms with E-state index in [2.05, 4.69) is 27.5 Å². The summed E-state index contributed by atoms with van der Waals surface area (Å²) in [6, 6.07) is 12.2. The van der Waals surface area contributed by atoms with Gasteiger partial charge in [0.1, 0.15) is 5.60 Å². The van der Waals surface area contributed by atoms with Crippen LogP contribution in [-0.4, -0.2) is 39.1 Å². The molecule has 0 heterocycles. The first-order chi connectivity index (χ1) is 15.5. The summed E-state index contributed by atoms with van der Waals surface area (Å²) < 4.78 is 32.7. The summed E-state index contributed by atoms with van der Waals surface area (Å²) in [7, 11) is -3.81. The first kappa shape index (κ1) is 24.7. The maximum absolute atomic E-state index is 12.6. The van der Waals surface area contributed by atoms with Gasteiger partial charge in [-0.3, -0.25) is 4.79 Å². The molecule has 3 N–H and O–H groups in total. The van der Waals surface area contributed by atoms with E-state index in [9.17, 15) is 18.0 Å². The fourth-order valence-corrected chi connectivity index (χ4v) is 4.69. The molecule has 1 aliphatic carbocycles. The predicted octanol–water partition coefficient (Wildman–Crippen LogP) is 3.16. The normalized spacial score (nSPS) is 13.3. The third-order valence-corrected chi connectivity index (χ3v) is 6.50. The molecule has 0 fully saturated rings. The van der Waals surface area contributed by atoms with Crippen molar-refractivity contribution in [2.24, 2.45) is 0 Å². The van der Waals surface area contributed by atoms with Gasteiger partial charge in [0.15, 0.2) is 0 Å². The summed E-state index contributed by atoms with van der Waals surface area (Å²) in [5.41, 5.74) is 3.37. The predicted molar refractivity (Wildman–Crippen MR) is 127 cm³/mol. The van der Waals surface area contributed by atoms with E-state index in [1.807, 2.05) is 6.07 Å². The first-order valence-electron chi connectivity index (χ1n) is 11.0. The molecule has 8 nitrogen and oxygen atoms in total. The average molecular weight is 474 g/mol. The van der Waals surface area contributed by atoms with Crippen LogP contribution in [0.5, 0.6) is 0 Å². The van der Waals surface area contributed by atoms with Gasteiger partial charge in [0.2, 0.25) is 15.9 Å². The van der Waals surface area contributed by atoms with Crippen LogP contribution in [0.15, 0.2) is 47.4 Å². The van der Waals surface area contributed by atoms with Crippen LogP contribution >= 0.6 is 0 Å². The quantitative estimate of drug-likeness (QED) is 0.510. The minimum atomic E-state index is -3.81. The van der Waals surface area contributed by atoms with Crippen LogP contribution in [0.25, 0.3) is 0 Å². The molecule has 0 saturated carbocycles. The van der Waals surface area contributed by atoms with E-state index in [1.54, 1.807) is 32.9 Å². The van der Waals surface area contributed by atoms with Gasteiger partial charge < -0.3 is 15.4 Å². The second-order valence-corrected chi connectivity index (χ2v) is 10.8. The van der Waals surface area contributed by atoms with Gasteiger partial charge in [0, 0.05) is 18.8 Å². The van der Waals surface area contributed by atoms with E-state index < -0.39 is 21.7 Å². The summed E-state index contributed by atoms with van der Waals surface area (Å²) in [5.74, 6) is -0.211. The number of amides is 2. The third kappa shape index (κ3) is 7.57. The van der Waals surface area contributed by atoms with Gasteiger partial charge in [0.25, 0.3) is 0 Å². The lowest BCUT2D eigenvalue weighted by atomic mass is 10.0. The molecular weight excluding hydrogens is 442 g/mol. The molecule has 2 amide bonds. The lowest BCUT2D eigenvalue weighted by molar-refractivity contribution is -0.115. The van der Waals surface area contributed by atoms with E-state index in [0.717, 1.165) is 24.8 Å². The Morgan fingerprint density at radius 1 is 1.00 bits per heavy atom. The highest BCUT2D eigenvalue weighted by atomic mass is 32.2. The number of fused-ring (bicyclic) bond motifs is 1. The van der Waals surface area contributed by atoms with Gasteiger partial charge in [-0.25, -0.2) is 17.9 Å². The zero-order valence-electron chi connectivity index (χ0n) is 19.2. The number of ether oxygens (including phenoxy) is 1. The number of hydrogen-bond donors (Lipinski definition) is 3. The van der Waals surface area contributed by atoms with E-state index in [0.29, 0.717) is 5.69 Å². The van der Waals surface area contributed by atoms with Crippen molar-refractivity contribution in [2.45, 2.75) is 57.0 Å². The van der Waals surface area contributed by atoms with Gasteiger partial charge in [-0.05, 0) is 74.9 Å². The standard InChI is InChI=1S/C24H31N3O5S/c1-24(2,3)32-23(29)25-12-13-26-33(30,31)21-9-5-8-20(16-21)27-22(28)15-17-10-11-18-6-4-7-19(18)14-17/h5,8-11,14,16,26H,4,6-7,12-13,15H2,1-3H3,(H,25,29)(H,27,28). The summed E-state index contributed by atoms with van der Waals surface area (Å²) in [5, 5.41) is 5.26. The fraction of sp³-hybridized carbons (Fsp3) is 0.417. The number of anilines is 1. The van der Waals surface area contributed by atoms with Crippen molar-refractivity contribution in [3.8, 4) is 0 Å². The van der Waals surface area contributed by atoms with Crippen LogP contribution in [-0.2, 0) is 38.8 Å². The van der Waals surface area contributed by atoms with Crippen molar-refractivity contribution in [1.29, 1.82) is 0 Å². The lowest BCUT2D eigenvalue weighted by Crippen LogP contribution is -2.37. The fourth-order valence-electron chi connectivity index (χ4n) is 3.61. The summed E-state index contributed by atoms with van der Waals surface area (Å²) >= 11 is 0. The minimum absolute atomic E-state index is 0.00348. The Balaban J connectivity index is 1.52. The van der Waals surface area contributed by atoms with Gasteiger partial charge in [-0.15, -0.1) is 0 Å². The monoisotopic (exact) mass is 473 g/mol. The summed E-state index contributed by atoms with van der Waals surface area (Å²) in [4.78, 5) is 24.1. The molecule has 0 bridgehead atoms. The number of alkyl carbamates (subject to hydrolysis) is 1. The van der Waals surface area contributed by atoms with Crippen molar-refractivity contribution >= 4 is 27.7 Å². The highest BCUT2D eigenvalue weighted by Gasteiger charge is 2.18. The van der Waals surface area contributed by atoms with E-state index in [4.69, 9.17) is 4.74 Å². The number of sulfonamides is 1. The van der Waals surface area contributed by atoms with Gasteiger partial charge >= 0.3 is 6.09 Å². The van der Waals surface area contributed by atoms with E-state index in [1.165, 1.54) is 23.3 Å². The average Bonchev–Trinajstić information content (AvgIpc) is 3.18. The molecule has 0 radical (unpaired) electrons. The zero-order valence-corrected chi connectivity index (χ0v) is 20.1. The number of carbonyl (C=O) groups excluding carboxylic acids is 2. The number of benzene rings is 2. The van der Waals surface area contributed by atoms with Crippen molar-refractivity contribution in [3.05, 3.63) is 59.2 Å². The molecule has 0 unspecified atom stereocenters. The van der Waals surface area contributed by atoms with Gasteiger partial charge in [0.05, 0.1) is 11.3 Å². The van der Waals surface area contributed by atoms with Crippen molar-refractivity contribution in [3.63, 3.8) is 0 Å². The maximum Gasteiger partial charge on any atom is 0.407 e. The van der Waals surface area contributed by atoms with Gasteiger partial charge in [-0.1, -0.05) is 24.3 Å². The maximum atomic E-state index is 12.6. The number of aryl methyl sites for hydroxylation is 2. The second kappa shape index (κ2) is 10.4. The highest BCUT2D eigenvalue weighted by molar-refractivity contribution is 7.89. The van der Waals surface area contributed by atoms with Crippen LogP contribution in [0.4, 0.5) is 10.5 Å². The Morgan fingerprint density at radius 2 is 1.76 bits per heavy atom. The number of hydrogen-bond acceptors (Lipinski definition) is 5. The summed E-state index contributed by atoms with van der Waals surface area (Å²) in [6.45, 7) is 5.30. The number of nitrogens with one attached hydrogen (secondary N) is 3. The third-order valence-electron chi connectivity index (χ3n) is 5.04. The van der Waals surface area contributed by atoms with Crippen molar-refractivity contribution in [2.75, 3.05) is 18.4 Å². The van der Waals surface area contributed by atoms with E-state index in [-0.39, 0.29) is 30.3 Å². The Morgan fingerprint density at radius 3 is 2.52 bits per heavy atom. The van der Waals surface area contributed by atoms with E-state index >= 15 is 0 Å². The molecule has 0 spiro atoms. The number of carbonyl (C=O) groups is 2. The smallest absolute Gasteiger partial charge is 0.407 e. The Kier molecular flexibility index (Phi) is 7.76. The van der Waals surface area contributed by atoms with Crippen LogP contribution in [0.2, 0.25) is 0 Å². The van der Waals surface area contributed by atoms with Crippen LogP contribution in [0.3, 0.4) is 0 Å². The molecular formula is C24H31N3O5S. The lowest BCUT2D eigenvalue weighted by Gasteiger charge is -2.19. The topological polar surface area (TPSA) is 114 Å². The molecule has 0 atom stereocenters. The molecule has 1 aliphatic rings. The zero-order chi connectivity index (χ0) is 24.1. The molecule has 2 aromatic rings. The van der Waals surface area contributed by atoms with Crippen LogP contribution < -0.4 is 15.4 Å². The second-order valence-electron chi connectivity index (χ2n) is 9.04. The molecule has 9 heteroatoms. The van der Waals surface area contributed by atoms with Crippen LogP contribution in [0.1, 0.15) is 43.9 Å². The Hall–Kier alpha value is -2.91. The molecule has 178 valence electrons. The van der Waals surface area contributed by atoms with Crippen molar-refractivity contribution < 1.29 is 22.7 Å². The molecule has 0 aliphatic heterocycles. The Labute approximate surface area is 195 Å². The van der Waals surface area contributed by atoms with Gasteiger partial charge in [-0.2, -0.15) is 0 Å². The van der Waals surface area contributed by atoms with Crippen LogP contribution in [0, 0.1) is 0 Å². The largest absolute Gasteiger partial charge is 0.444 e. The van der Waals surface area contributed by atoms with Crippen molar-refractivity contribution in [1.82, 2.24) is 10.0 Å². The first-order valence-corrected chi connectivity index (χ1v) is 12.5. The SMILES string of the molecule is CC(C)(C)OC(=O)NCCNS(=O)(=O)c1cccc(NC(=O)Cc2ccc3c(c2)CCC3)c1. The number of rotatable bonds is 8. The molecule has 3 rings (SSSR count). The summed E-state index contributed by atoms with van der Waals surface area (Å²) in [6.07, 6.45) is 2.89. The molecule has 2 aromatic carbocycles. The Bertz CT molecular complexity index is 1120. The molecule has 0 saturated heterocycles. The molecule has 0 aromatic heterocycles.